The van der Waals surface area contributed by atoms with Crippen LogP contribution in [0.15, 0.2) is 30.3 Å². The van der Waals surface area contributed by atoms with Gasteiger partial charge in [0.05, 0.1) is 6.17 Å². The van der Waals surface area contributed by atoms with E-state index >= 15 is 0 Å². The molecule has 2 heterocycles. The minimum absolute atomic E-state index is 0.649. The molecule has 1 aromatic carbocycles. The standard InChI is InChI=1S/C18H28N2/c1-15-7-10-19-18(13-15)20-11-8-17(9-12-20)14-16-5-3-2-4-6-16/h2-6,15,17-19H,7-14H2,1H3. The molecule has 2 nitrogen and oxygen atoms in total. The first-order chi connectivity index (χ1) is 9.81. The number of benzene rings is 1. The summed E-state index contributed by atoms with van der Waals surface area (Å²) in [6.07, 6.45) is 7.33. The molecule has 0 spiro atoms. The van der Waals surface area contributed by atoms with Gasteiger partial charge in [-0.1, -0.05) is 37.3 Å². The predicted octanol–water partition coefficient (Wildman–Crippen LogP) is 3.29. The summed E-state index contributed by atoms with van der Waals surface area (Å²) in [4.78, 5) is 2.69. The average Bonchev–Trinajstić information content (AvgIpc) is 2.49. The lowest BCUT2D eigenvalue weighted by molar-refractivity contribution is 0.0789. The molecular weight excluding hydrogens is 244 g/mol. The van der Waals surface area contributed by atoms with Crippen LogP contribution in [0.25, 0.3) is 0 Å². The molecule has 0 saturated carbocycles. The summed E-state index contributed by atoms with van der Waals surface area (Å²) in [5.74, 6) is 1.78. The molecule has 2 aliphatic heterocycles. The van der Waals surface area contributed by atoms with Crippen molar-refractivity contribution in [1.29, 1.82) is 0 Å². The third kappa shape index (κ3) is 3.62. The Hall–Kier alpha value is -0.860. The zero-order chi connectivity index (χ0) is 13.8. The Bertz CT molecular complexity index is 395. The van der Waals surface area contributed by atoms with Crippen molar-refractivity contribution in [3.8, 4) is 0 Å². The van der Waals surface area contributed by atoms with E-state index < -0.39 is 0 Å². The molecule has 0 aliphatic carbocycles. The van der Waals surface area contributed by atoms with Crippen molar-refractivity contribution in [3.63, 3.8) is 0 Å². The van der Waals surface area contributed by atoms with Crippen LogP contribution in [0.4, 0.5) is 0 Å². The number of rotatable bonds is 3. The van der Waals surface area contributed by atoms with Crippen LogP contribution in [0, 0.1) is 11.8 Å². The average molecular weight is 272 g/mol. The molecular formula is C18H28N2. The van der Waals surface area contributed by atoms with Crippen LogP contribution in [-0.4, -0.2) is 30.7 Å². The SMILES string of the molecule is CC1CCNC(N2CCC(Cc3ccccc3)CC2)C1. The van der Waals surface area contributed by atoms with E-state index in [0.717, 1.165) is 11.8 Å². The third-order valence-corrected chi connectivity index (χ3v) is 5.10. The molecule has 2 fully saturated rings. The van der Waals surface area contributed by atoms with Crippen LogP contribution >= 0.6 is 0 Å². The summed E-state index contributed by atoms with van der Waals surface area (Å²) >= 11 is 0. The number of nitrogens with zero attached hydrogens (tertiary/aromatic N) is 1. The molecule has 2 saturated heterocycles. The zero-order valence-corrected chi connectivity index (χ0v) is 12.7. The molecule has 0 aromatic heterocycles. The van der Waals surface area contributed by atoms with E-state index in [-0.39, 0.29) is 0 Å². The molecule has 2 unspecified atom stereocenters. The molecule has 1 aromatic rings. The van der Waals surface area contributed by atoms with Crippen molar-refractivity contribution in [2.75, 3.05) is 19.6 Å². The Kier molecular flexibility index (Phi) is 4.74. The van der Waals surface area contributed by atoms with E-state index in [1.165, 1.54) is 57.3 Å². The van der Waals surface area contributed by atoms with Crippen molar-refractivity contribution >= 4 is 0 Å². The molecule has 20 heavy (non-hydrogen) atoms. The molecule has 2 aliphatic rings. The fourth-order valence-corrected chi connectivity index (χ4v) is 3.77. The second kappa shape index (κ2) is 6.73. The summed E-state index contributed by atoms with van der Waals surface area (Å²) in [7, 11) is 0. The number of likely N-dealkylation sites (tertiary alicyclic amines) is 1. The van der Waals surface area contributed by atoms with Gasteiger partial charge in [0.1, 0.15) is 0 Å². The van der Waals surface area contributed by atoms with Crippen molar-refractivity contribution in [1.82, 2.24) is 10.2 Å². The molecule has 0 radical (unpaired) electrons. The molecule has 1 N–H and O–H groups in total. The predicted molar refractivity (Wildman–Crippen MR) is 84.6 cm³/mol. The smallest absolute Gasteiger partial charge is 0.0599 e. The van der Waals surface area contributed by atoms with Gasteiger partial charge in [0.2, 0.25) is 0 Å². The van der Waals surface area contributed by atoms with E-state index in [1.807, 2.05) is 0 Å². The summed E-state index contributed by atoms with van der Waals surface area (Å²) < 4.78 is 0. The maximum atomic E-state index is 3.71. The van der Waals surface area contributed by atoms with Crippen LogP contribution < -0.4 is 5.32 Å². The monoisotopic (exact) mass is 272 g/mol. The van der Waals surface area contributed by atoms with Crippen molar-refractivity contribution in [2.45, 2.75) is 45.2 Å². The van der Waals surface area contributed by atoms with Crippen molar-refractivity contribution in [2.24, 2.45) is 11.8 Å². The lowest BCUT2D eigenvalue weighted by atomic mass is 9.89. The second-order valence-electron chi connectivity index (χ2n) is 6.77. The minimum Gasteiger partial charge on any atom is -0.302 e. The van der Waals surface area contributed by atoms with E-state index in [9.17, 15) is 0 Å². The van der Waals surface area contributed by atoms with Gasteiger partial charge in [-0.25, -0.2) is 0 Å². The number of nitrogens with one attached hydrogen (secondary N) is 1. The fourth-order valence-electron chi connectivity index (χ4n) is 3.77. The first-order valence-corrected chi connectivity index (χ1v) is 8.32. The minimum atomic E-state index is 0.649. The largest absolute Gasteiger partial charge is 0.302 e. The quantitative estimate of drug-likeness (QED) is 0.908. The lowest BCUT2D eigenvalue weighted by Crippen LogP contribution is -2.52. The summed E-state index contributed by atoms with van der Waals surface area (Å²) in [5, 5.41) is 3.71. The molecule has 2 heteroatoms. The van der Waals surface area contributed by atoms with Crippen LogP contribution in [-0.2, 0) is 6.42 Å². The Morgan fingerprint density at radius 1 is 1.10 bits per heavy atom. The summed E-state index contributed by atoms with van der Waals surface area (Å²) in [6, 6.07) is 11.0. The van der Waals surface area contributed by atoms with Gasteiger partial charge in [0.15, 0.2) is 0 Å². The van der Waals surface area contributed by atoms with Gasteiger partial charge in [0.25, 0.3) is 0 Å². The van der Waals surface area contributed by atoms with Gasteiger partial charge in [0, 0.05) is 0 Å². The Morgan fingerprint density at radius 2 is 1.85 bits per heavy atom. The van der Waals surface area contributed by atoms with E-state index in [4.69, 9.17) is 0 Å². The molecule has 0 bridgehead atoms. The highest BCUT2D eigenvalue weighted by atomic mass is 15.3. The van der Waals surface area contributed by atoms with Gasteiger partial charge in [-0.05, 0) is 69.1 Å². The van der Waals surface area contributed by atoms with Gasteiger partial charge >= 0.3 is 0 Å². The van der Waals surface area contributed by atoms with Crippen LogP contribution in [0.2, 0.25) is 0 Å². The zero-order valence-electron chi connectivity index (χ0n) is 12.7. The van der Waals surface area contributed by atoms with Gasteiger partial charge in [-0.3, -0.25) is 4.90 Å². The van der Waals surface area contributed by atoms with Crippen molar-refractivity contribution < 1.29 is 0 Å². The maximum absolute atomic E-state index is 3.71. The first kappa shape index (κ1) is 14.1. The van der Waals surface area contributed by atoms with Gasteiger partial charge < -0.3 is 5.32 Å². The van der Waals surface area contributed by atoms with E-state index in [1.54, 1.807) is 0 Å². The molecule has 3 rings (SSSR count). The topological polar surface area (TPSA) is 15.3 Å². The fraction of sp³-hybridized carbons (Fsp3) is 0.667. The highest BCUT2D eigenvalue weighted by Gasteiger charge is 2.27. The van der Waals surface area contributed by atoms with Gasteiger partial charge in [-0.2, -0.15) is 0 Å². The van der Waals surface area contributed by atoms with Crippen LogP contribution in [0.3, 0.4) is 0 Å². The molecule has 2 atom stereocenters. The lowest BCUT2D eigenvalue weighted by Gasteiger charge is -2.41. The highest BCUT2D eigenvalue weighted by molar-refractivity contribution is 5.15. The summed E-state index contributed by atoms with van der Waals surface area (Å²) in [5.41, 5.74) is 1.51. The maximum Gasteiger partial charge on any atom is 0.0599 e. The van der Waals surface area contributed by atoms with Gasteiger partial charge in [-0.15, -0.1) is 0 Å². The molecule has 110 valence electrons. The number of piperidine rings is 2. The Morgan fingerprint density at radius 3 is 2.55 bits per heavy atom. The third-order valence-electron chi connectivity index (χ3n) is 5.10. The van der Waals surface area contributed by atoms with E-state index in [0.29, 0.717) is 6.17 Å². The highest BCUT2D eigenvalue weighted by Crippen LogP contribution is 2.25. The van der Waals surface area contributed by atoms with Crippen LogP contribution in [0.1, 0.15) is 38.2 Å². The number of hydrogen-bond acceptors (Lipinski definition) is 2. The normalized spacial score (nSPS) is 29.4. The Labute approximate surface area is 123 Å². The van der Waals surface area contributed by atoms with Crippen LogP contribution in [0.5, 0.6) is 0 Å². The number of hydrogen-bond donors (Lipinski definition) is 1. The molecule has 0 amide bonds. The second-order valence-corrected chi connectivity index (χ2v) is 6.77. The van der Waals surface area contributed by atoms with Crippen molar-refractivity contribution in [3.05, 3.63) is 35.9 Å². The summed E-state index contributed by atoms with van der Waals surface area (Å²) in [6.45, 7) is 6.16. The first-order valence-electron chi connectivity index (χ1n) is 8.32. The Balaban J connectivity index is 1.47. The van der Waals surface area contributed by atoms with E-state index in [2.05, 4.69) is 47.5 Å².